The third-order valence-corrected chi connectivity index (χ3v) is 6.97. The van der Waals surface area contributed by atoms with Gasteiger partial charge in [0, 0.05) is 30.0 Å². The first-order valence-electron chi connectivity index (χ1n) is 11.6. The van der Waals surface area contributed by atoms with Crippen LogP contribution in [-0.2, 0) is 14.3 Å². The van der Waals surface area contributed by atoms with E-state index in [1.54, 1.807) is 29.2 Å². The van der Waals surface area contributed by atoms with Crippen LogP contribution in [0.25, 0.3) is 5.76 Å². The Balaban J connectivity index is 1.80. The van der Waals surface area contributed by atoms with E-state index in [-0.39, 0.29) is 11.3 Å². The number of carbonyl (C=O) groups excluding carboxylic acids is 3. The molecular weight excluding hydrogens is 434 g/mol. The number of aromatic nitrogens is 1. The number of hydrogen-bond donors (Lipinski definition) is 2. The highest BCUT2D eigenvalue weighted by atomic mass is 16.5. The van der Waals surface area contributed by atoms with E-state index in [1.807, 2.05) is 20.8 Å². The van der Waals surface area contributed by atoms with Crippen LogP contribution >= 0.6 is 0 Å². The number of nitrogens with zero attached hydrogens (tertiary/aromatic N) is 2. The first-order chi connectivity index (χ1) is 16.2. The summed E-state index contributed by atoms with van der Waals surface area (Å²) in [6.45, 7) is 8.58. The van der Waals surface area contributed by atoms with Gasteiger partial charge in [-0.2, -0.15) is 0 Å². The Bertz CT molecular complexity index is 1160. The van der Waals surface area contributed by atoms with Crippen molar-refractivity contribution < 1.29 is 24.2 Å². The molecule has 1 aromatic heterocycles. The molecule has 2 fully saturated rings. The number of benzene rings is 1. The summed E-state index contributed by atoms with van der Waals surface area (Å²) in [5.41, 5.74) is 4.09. The summed E-state index contributed by atoms with van der Waals surface area (Å²) in [4.78, 5) is 45.3. The number of aliphatic hydroxyl groups excluding tert-OH is 1. The maximum atomic E-state index is 13.3. The molecule has 0 spiro atoms. The van der Waals surface area contributed by atoms with Crippen molar-refractivity contribution in [3.8, 4) is 0 Å². The topological polar surface area (TPSA) is 103 Å². The number of ether oxygens (including phenoxy) is 1. The summed E-state index contributed by atoms with van der Waals surface area (Å²) in [5.74, 6) is -1.96. The highest BCUT2D eigenvalue weighted by Gasteiger charge is 2.46. The standard InChI is InChI=1S/C26H31N3O5/c1-15-16(2)27-17(3)20(15)23(30)21-22(18-7-9-19(10-8-18)26(33)34-4)29(25(32)24(21)31)14-13-28-11-5-6-12-28/h7-10,22,27,30H,5-6,11-14H2,1-4H3/b23-21+. The summed E-state index contributed by atoms with van der Waals surface area (Å²) in [7, 11) is 1.31. The number of carbonyl (C=O) groups is 3. The van der Waals surface area contributed by atoms with Gasteiger partial charge in [0.05, 0.1) is 24.3 Å². The second kappa shape index (κ2) is 9.46. The molecule has 2 saturated heterocycles. The second-order valence-electron chi connectivity index (χ2n) is 9.03. The van der Waals surface area contributed by atoms with Crippen molar-refractivity contribution in [2.24, 2.45) is 0 Å². The maximum Gasteiger partial charge on any atom is 0.337 e. The Morgan fingerprint density at radius 1 is 1.06 bits per heavy atom. The first-order valence-corrected chi connectivity index (χ1v) is 11.6. The monoisotopic (exact) mass is 465 g/mol. The van der Waals surface area contributed by atoms with Crippen LogP contribution in [0.4, 0.5) is 0 Å². The molecule has 0 aliphatic carbocycles. The number of rotatable bonds is 6. The van der Waals surface area contributed by atoms with Gasteiger partial charge in [-0.15, -0.1) is 0 Å². The number of aromatic amines is 1. The van der Waals surface area contributed by atoms with Gasteiger partial charge in [-0.05, 0) is 70.0 Å². The van der Waals surface area contributed by atoms with Crippen LogP contribution < -0.4 is 0 Å². The normalized spacial score (nSPS) is 20.4. The summed E-state index contributed by atoms with van der Waals surface area (Å²) < 4.78 is 4.78. The fourth-order valence-corrected chi connectivity index (χ4v) is 5.03. The van der Waals surface area contributed by atoms with Crippen LogP contribution in [0, 0.1) is 20.8 Å². The van der Waals surface area contributed by atoms with Crippen molar-refractivity contribution >= 4 is 23.4 Å². The zero-order valence-electron chi connectivity index (χ0n) is 20.1. The molecule has 2 aliphatic heterocycles. The molecule has 1 atom stereocenters. The van der Waals surface area contributed by atoms with Gasteiger partial charge in [0.2, 0.25) is 0 Å². The van der Waals surface area contributed by atoms with Gasteiger partial charge in [0.25, 0.3) is 11.7 Å². The molecule has 34 heavy (non-hydrogen) atoms. The SMILES string of the molecule is COC(=O)c1ccc(C2/C(=C(\O)c3c(C)[nH]c(C)c3C)C(=O)C(=O)N2CCN2CCCC2)cc1. The highest BCUT2D eigenvalue weighted by molar-refractivity contribution is 6.46. The molecule has 0 bridgehead atoms. The third kappa shape index (κ3) is 4.14. The molecule has 1 unspecified atom stereocenters. The minimum atomic E-state index is -0.747. The third-order valence-electron chi connectivity index (χ3n) is 6.97. The van der Waals surface area contributed by atoms with Crippen LogP contribution in [-0.4, -0.2) is 70.8 Å². The number of aliphatic hydroxyl groups is 1. The van der Waals surface area contributed by atoms with Crippen molar-refractivity contribution in [1.29, 1.82) is 0 Å². The molecule has 8 nitrogen and oxygen atoms in total. The van der Waals surface area contributed by atoms with Crippen molar-refractivity contribution in [3.05, 3.63) is 63.5 Å². The number of H-pyrrole nitrogens is 1. The quantitative estimate of drug-likeness (QED) is 0.294. The van der Waals surface area contributed by atoms with E-state index in [0.717, 1.165) is 42.9 Å². The molecule has 2 N–H and O–H groups in total. The second-order valence-corrected chi connectivity index (χ2v) is 9.03. The van der Waals surface area contributed by atoms with Crippen molar-refractivity contribution in [1.82, 2.24) is 14.8 Å². The predicted octanol–water partition coefficient (Wildman–Crippen LogP) is 3.24. The number of nitrogens with one attached hydrogen (secondary N) is 1. The fourth-order valence-electron chi connectivity index (χ4n) is 5.03. The number of ketones is 1. The van der Waals surface area contributed by atoms with E-state index >= 15 is 0 Å². The molecule has 3 heterocycles. The fraction of sp³-hybridized carbons (Fsp3) is 0.423. The van der Waals surface area contributed by atoms with Gasteiger partial charge in [-0.3, -0.25) is 9.59 Å². The van der Waals surface area contributed by atoms with Gasteiger partial charge >= 0.3 is 5.97 Å². The minimum absolute atomic E-state index is 0.0717. The Morgan fingerprint density at radius 2 is 1.71 bits per heavy atom. The predicted molar refractivity (Wildman–Crippen MR) is 127 cm³/mol. The molecule has 180 valence electrons. The molecule has 8 heteroatoms. The van der Waals surface area contributed by atoms with Gasteiger partial charge in [-0.25, -0.2) is 4.79 Å². The van der Waals surface area contributed by atoms with Crippen LogP contribution in [0.2, 0.25) is 0 Å². The zero-order chi connectivity index (χ0) is 24.6. The number of likely N-dealkylation sites (tertiary alicyclic amines) is 2. The van der Waals surface area contributed by atoms with Crippen molar-refractivity contribution in [3.63, 3.8) is 0 Å². The van der Waals surface area contributed by atoms with Crippen molar-refractivity contribution in [2.75, 3.05) is 33.3 Å². The lowest BCUT2D eigenvalue weighted by Crippen LogP contribution is -2.37. The molecule has 0 saturated carbocycles. The molecule has 2 aromatic rings. The average molecular weight is 466 g/mol. The summed E-state index contributed by atoms with van der Waals surface area (Å²) >= 11 is 0. The lowest BCUT2D eigenvalue weighted by Gasteiger charge is -2.27. The number of Topliss-reactive ketones (excluding diaryl/α,β-unsaturated/α-hetero) is 1. The van der Waals surface area contributed by atoms with E-state index in [0.29, 0.717) is 29.8 Å². The Morgan fingerprint density at radius 3 is 2.26 bits per heavy atom. The smallest absolute Gasteiger partial charge is 0.337 e. The largest absolute Gasteiger partial charge is 0.507 e. The minimum Gasteiger partial charge on any atom is -0.507 e. The molecule has 4 rings (SSSR count). The zero-order valence-corrected chi connectivity index (χ0v) is 20.1. The lowest BCUT2D eigenvalue weighted by atomic mass is 9.93. The molecule has 1 aromatic carbocycles. The van der Waals surface area contributed by atoms with Gasteiger partial charge < -0.3 is 24.6 Å². The Labute approximate surface area is 199 Å². The summed E-state index contributed by atoms with van der Waals surface area (Å²) in [6, 6.07) is 5.89. The van der Waals surface area contributed by atoms with Crippen LogP contribution in [0.15, 0.2) is 29.8 Å². The van der Waals surface area contributed by atoms with Crippen LogP contribution in [0.1, 0.15) is 57.3 Å². The van der Waals surface area contributed by atoms with Crippen LogP contribution in [0.5, 0.6) is 0 Å². The van der Waals surface area contributed by atoms with Gasteiger partial charge in [0.15, 0.2) is 0 Å². The molecular formula is C26H31N3O5. The average Bonchev–Trinajstić information content (AvgIpc) is 3.50. The number of aryl methyl sites for hydroxylation is 2. The van der Waals surface area contributed by atoms with E-state index < -0.39 is 23.7 Å². The van der Waals surface area contributed by atoms with Crippen LogP contribution in [0.3, 0.4) is 0 Å². The number of amides is 1. The number of methoxy groups -OCH3 is 1. The lowest BCUT2D eigenvalue weighted by molar-refractivity contribution is -0.140. The highest BCUT2D eigenvalue weighted by Crippen LogP contribution is 2.40. The van der Waals surface area contributed by atoms with E-state index in [2.05, 4.69) is 9.88 Å². The Kier molecular flexibility index (Phi) is 6.61. The molecule has 2 aliphatic rings. The van der Waals surface area contributed by atoms with Crippen molar-refractivity contribution in [2.45, 2.75) is 39.7 Å². The summed E-state index contributed by atoms with van der Waals surface area (Å²) in [6.07, 6.45) is 2.26. The Hall–Kier alpha value is -3.39. The van der Waals surface area contributed by atoms with E-state index in [1.165, 1.54) is 7.11 Å². The summed E-state index contributed by atoms with van der Waals surface area (Å²) in [5, 5.41) is 11.4. The first kappa shape index (κ1) is 23.8. The molecule has 0 radical (unpaired) electrons. The van der Waals surface area contributed by atoms with Gasteiger partial charge in [0.1, 0.15) is 5.76 Å². The maximum absolute atomic E-state index is 13.3. The number of esters is 1. The van der Waals surface area contributed by atoms with Gasteiger partial charge in [-0.1, -0.05) is 12.1 Å². The van der Waals surface area contributed by atoms with E-state index in [9.17, 15) is 19.5 Å². The molecule has 1 amide bonds. The van der Waals surface area contributed by atoms with E-state index in [4.69, 9.17) is 4.74 Å². The number of hydrogen-bond acceptors (Lipinski definition) is 6.